The maximum Gasteiger partial charge on any atom is 0.355 e. The van der Waals surface area contributed by atoms with Crippen molar-refractivity contribution >= 4 is 28.5 Å². The number of esters is 2. The van der Waals surface area contributed by atoms with Gasteiger partial charge in [0.2, 0.25) is 0 Å². The third-order valence-corrected chi connectivity index (χ3v) is 7.08. The minimum absolute atomic E-state index is 0.0535. The van der Waals surface area contributed by atoms with E-state index < -0.39 is 0 Å². The number of benzene rings is 1. The van der Waals surface area contributed by atoms with Crippen LogP contribution in [0.1, 0.15) is 50.4 Å². The summed E-state index contributed by atoms with van der Waals surface area (Å²) in [6, 6.07) is 8.68. The summed E-state index contributed by atoms with van der Waals surface area (Å²) in [5.41, 5.74) is 4.28. The average molecular weight is 408 g/mol. The number of hydrogen-bond donors (Lipinski definition) is 0. The number of aromatic nitrogens is 1. The average Bonchev–Trinajstić information content (AvgIpc) is 3.10. The zero-order chi connectivity index (χ0) is 20.9. The van der Waals surface area contributed by atoms with Gasteiger partial charge in [-0.05, 0) is 49.9 Å². The van der Waals surface area contributed by atoms with E-state index in [9.17, 15) is 9.59 Å². The topological polar surface area (TPSA) is 60.8 Å². The molecule has 0 amide bonds. The number of ether oxygens (including phenoxy) is 2. The molecule has 30 heavy (non-hydrogen) atoms. The molecular formula is C24H28N2O4. The van der Waals surface area contributed by atoms with Gasteiger partial charge in [-0.2, -0.15) is 0 Å². The zero-order valence-electron chi connectivity index (χ0n) is 17.6. The Kier molecular flexibility index (Phi) is 4.69. The molecule has 5 rings (SSSR count). The molecule has 1 aromatic carbocycles. The van der Waals surface area contributed by atoms with Crippen LogP contribution in [0.25, 0.3) is 16.6 Å². The Morgan fingerprint density at radius 1 is 1.17 bits per heavy atom. The highest BCUT2D eigenvalue weighted by Gasteiger charge is 2.51. The van der Waals surface area contributed by atoms with Crippen molar-refractivity contribution in [1.29, 1.82) is 0 Å². The van der Waals surface area contributed by atoms with Crippen LogP contribution >= 0.6 is 0 Å². The van der Waals surface area contributed by atoms with Gasteiger partial charge in [-0.25, -0.2) is 4.79 Å². The summed E-state index contributed by atoms with van der Waals surface area (Å²) in [4.78, 5) is 26.8. The van der Waals surface area contributed by atoms with Gasteiger partial charge in [0.15, 0.2) is 0 Å². The van der Waals surface area contributed by atoms with E-state index in [1.54, 1.807) is 0 Å². The first kappa shape index (κ1) is 19.4. The lowest BCUT2D eigenvalue weighted by atomic mass is 9.66. The van der Waals surface area contributed by atoms with E-state index >= 15 is 0 Å². The van der Waals surface area contributed by atoms with Gasteiger partial charge in [0.1, 0.15) is 18.9 Å². The van der Waals surface area contributed by atoms with Gasteiger partial charge in [-0.1, -0.05) is 25.1 Å². The Balaban J connectivity index is 1.62. The van der Waals surface area contributed by atoms with Crippen LogP contribution in [0.5, 0.6) is 0 Å². The molecule has 0 N–H and O–H groups in total. The second-order valence-electron chi connectivity index (χ2n) is 8.60. The first-order valence-corrected chi connectivity index (χ1v) is 11.0. The molecule has 158 valence electrons. The third kappa shape index (κ3) is 2.81. The molecule has 6 heteroatoms. The molecule has 0 bridgehead atoms. The Morgan fingerprint density at radius 2 is 1.97 bits per heavy atom. The Morgan fingerprint density at radius 3 is 2.77 bits per heavy atom. The van der Waals surface area contributed by atoms with E-state index in [1.165, 1.54) is 23.6 Å². The number of piperidine rings is 1. The van der Waals surface area contributed by atoms with E-state index in [0.717, 1.165) is 44.3 Å². The second-order valence-corrected chi connectivity index (χ2v) is 8.60. The molecule has 2 aromatic rings. The predicted octanol–water partition coefficient (Wildman–Crippen LogP) is 3.69. The molecule has 6 nitrogen and oxygen atoms in total. The van der Waals surface area contributed by atoms with Crippen LogP contribution in [0.4, 0.5) is 0 Å². The van der Waals surface area contributed by atoms with Crippen molar-refractivity contribution in [2.24, 2.45) is 5.41 Å². The first-order valence-electron chi connectivity index (χ1n) is 11.0. The quantitative estimate of drug-likeness (QED) is 0.558. The highest BCUT2D eigenvalue weighted by molar-refractivity contribution is 6.13. The largest absolute Gasteiger partial charge is 0.462 e. The highest BCUT2D eigenvalue weighted by atomic mass is 16.6. The van der Waals surface area contributed by atoms with Crippen LogP contribution in [-0.4, -0.2) is 47.7 Å². The van der Waals surface area contributed by atoms with Gasteiger partial charge >= 0.3 is 11.9 Å². The molecule has 0 saturated carbocycles. The van der Waals surface area contributed by atoms with Crippen LogP contribution in [0.15, 0.2) is 30.3 Å². The molecule has 1 unspecified atom stereocenters. The number of carbonyl (C=O) groups excluding carboxylic acids is 2. The van der Waals surface area contributed by atoms with Crippen LogP contribution < -0.4 is 0 Å². The number of para-hydroxylation sites is 1. The summed E-state index contributed by atoms with van der Waals surface area (Å²) in [5, 5.41) is 1.24. The van der Waals surface area contributed by atoms with Gasteiger partial charge in [0.05, 0.1) is 11.6 Å². The van der Waals surface area contributed by atoms with E-state index in [0.29, 0.717) is 11.7 Å². The Hall–Kier alpha value is -2.60. The van der Waals surface area contributed by atoms with Crippen LogP contribution in [0.3, 0.4) is 0 Å². The predicted molar refractivity (Wildman–Crippen MR) is 114 cm³/mol. The van der Waals surface area contributed by atoms with Gasteiger partial charge in [0.25, 0.3) is 0 Å². The molecule has 0 spiro atoms. The lowest BCUT2D eigenvalue weighted by molar-refractivity contribution is -0.147. The molecule has 2 atom stereocenters. The maximum atomic E-state index is 13.2. The summed E-state index contributed by atoms with van der Waals surface area (Å²) < 4.78 is 12.6. The summed E-state index contributed by atoms with van der Waals surface area (Å²) in [7, 11) is 0. The molecule has 0 radical (unpaired) electrons. The van der Waals surface area contributed by atoms with E-state index in [4.69, 9.17) is 9.47 Å². The minimum Gasteiger partial charge on any atom is -0.462 e. The fourth-order valence-electron chi connectivity index (χ4n) is 5.82. The lowest BCUT2D eigenvalue weighted by Gasteiger charge is -2.53. The normalized spacial score (nSPS) is 24.9. The van der Waals surface area contributed by atoms with E-state index in [-0.39, 0.29) is 30.6 Å². The van der Waals surface area contributed by atoms with Gasteiger partial charge in [0, 0.05) is 30.0 Å². The van der Waals surface area contributed by atoms with Crippen molar-refractivity contribution in [3.8, 4) is 0 Å². The maximum absolute atomic E-state index is 13.2. The van der Waals surface area contributed by atoms with E-state index in [1.807, 2.05) is 6.07 Å². The standard InChI is InChI=1S/C24H28N2O4/c1-3-24-10-6-11-25-12-9-18-17-7-4-5-8-19(17)26(21(18)22(24)25)20(15-24)23(28)30-14-13-29-16(2)27/h4-5,7-8,15,22H,3,6,9-14H2,1-2H3/t22?,24-/m0/s1. The third-order valence-electron chi connectivity index (χ3n) is 7.08. The highest BCUT2D eigenvalue weighted by Crippen LogP contribution is 2.57. The summed E-state index contributed by atoms with van der Waals surface area (Å²) >= 11 is 0. The molecule has 1 saturated heterocycles. The Bertz CT molecular complexity index is 1050. The molecule has 0 aliphatic carbocycles. The van der Waals surface area contributed by atoms with Crippen molar-refractivity contribution in [1.82, 2.24) is 9.47 Å². The zero-order valence-corrected chi connectivity index (χ0v) is 17.6. The lowest BCUT2D eigenvalue weighted by Crippen LogP contribution is -2.51. The van der Waals surface area contributed by atoms with Crippen LogP contribution in [-0.2, 0) is 25.5 Å². The molecule has 1 aromatic heterocycles. The van der Waals surface area contributed by atoms with E-state index in [2.05, 4.69) is 40.7 Å². The molecular weight excluding hydrogens is 380 g/mol. The van der Waals surface area contributed by atoms with Gasteiger partial charge in [-0.3, -0.25) is 9.69 Å². The van der Waals surface area contributed by atoms with Crippen LogP contribution in [0, 0.1) is 5.41 Å². The summed E-state index contributed by atoms with van der Waals surface area (Å²) in [5.74, 6) is -0.719. The summed E-state index contributed by atoms with van der Waals surface area (Å²) in [6.07, 6.45) is 6.40. The van der Waals surface area contributed by atoms with Gasteiger partial charge in [-0.15, -0.1) is 0 Å². The van der Waals surface area contributed by atoms with Crippen molar-refractivity contribution in [3.63, 3.8) is 0 Å². The SMILES string of the molecule is CC[C@@]12C=C(C(=O)OCCOC(C)=O)n3c4c(c5ccccc53)CCN(CCC1)C42. The number of nitrogens with zero attached hydrogens (tertiary/aromatic N) is 2. The molecule has 3 aliphatic rings. The monoisotopic (exact) mass is 408 g/mol. The molecule has 4 heterocycles. The van der Waals surface area contributed by atoms with Crippen molar-refractivity contribution in [2.45, 2.75) is 45.6 Å². The Labute approximate surface area is 176 Å². The van der Waals surface area contributed by atoms with Crippen molar-refractivity contribution in [3.05, 3.63) is 41.6 Å². The second kappa shape index (κ2) is 7.27. The van der Waals surface area contributed by atoms with Crippen LogP contribution in [0.2, 0.25) is 0 Å². The number of fused-ring (bicyclic) bond motifs is 3. The number of hydrogen-bond acceptors (Lipinski definition) is 5. The fourth-order valence-corrected chi connectivity index (χ4v) is 5.82. The summed E-state index contributed by atoms with van der Waals surface area (Å²) in [6.45, 7) is 5.91. The number of rotatable bonds is 5. The molecule has 1 fully saturated rings. The first-order chi connectivity index (χ1) is 14.6. The van der Waals surface area contributed by atoms with Crippen molar-refractivity contribution in [2.75, 3.05) is 26.3 Å². The fraction of sp³-hybridized carbons (Fsp3) is 0.500. The smallest absolute Gasteiger partial charge is 0.355 e. The van der Waals surface area contributed by atoms with Crippen molar-refractivity contribution < 1.29 is 19.1 Å². The molecule has 3 aliphatic heterocycles. The number of carbonyl (C=O) groups is 2. The van der Waals surface area contributed by atoms with Gasteiger partial charge < -0.3 is 14.0 Å². The minimum atomic E-state index is -0.372.